The highest BCUT2D eigenvalue weighted by Crippen LogP contribution is 2.30. The lowest BCUT2D eigenvalue weighted by Gasteiger charge is -2.08. The molecule has 23 heavy (non-hydrogen) atoms. The molecule has 0 atom stereocenters. The third-order valence-corrected chi connectivity index (χ3v) is 4.50. The molecule has 0 saturated carbocycles. The lowest BCUT2D eigenvalue weighted by molar-refractivity contribution is 0.281. The van der Waals surface area contributed by atoms with Crippen molar-refractivity contribution in [2.75, 3.05) is 0 Å². The Kier molecular flexibility index (Phi) is 3.52. The van der Waals surface area contributed by atoms with Gasteiger partial charge in [0.1, 0.15) is 5.65 Å². The van der Waals surface area contributed by atoms with E-state index in [0.717, 1.165) is 38.1 Å². The third kappa shape index (κ3) is 2.38. The van der Waals surface area contributed by atoms with Crippen molar-refractivity contribution in [3.05, 3.63) is 76.9 Å². The van der Waals surface area contributed by atoms with Crippen LogP contribution in [0.3, 0.4) is 0 Å². The minimum absolute atomic E-state index is 0.00698. The summed E-state index contributed by atoms with van der Waals surface area (Å²) in [6.45, 7) is 0.655. The molecule has 4 rings (SSSR count). The molecule has 1 N–H and O–H groups in total. The zero-order valence-corrected chi connectivity index (χ0v) is 13.2. The fourth-order valence-corrected chi connectivity index (χ4v) is 3.20. The quantitative estimate of drug-likeness (QED) is 0.607. The van der Waals surface area contributed by atoms with E-state index in [4.69, 9.17) is 11.6 Å². The molecular weight excluding hydrogens is 308 g/mol. The Labute approximate surface area is 138 Å². The molecule has 0 aliphatic rings. The van der Waals surface area contributed by atoms with Gasteiger partial charge in [0, 0.05) is 22.0 Å². The number of fused-ring (bicyclic) bond motifs is 3. The van der Waals surface area contributed by atoms with E-state index in [0.29, 0.717) is 6.54 Å². The van der Waals surface area contributed by atoms with Gasteiger partial charge in [0.25, 0.3) is 0 Å². The van der Waals surface area contributed by atoms with Crippen molar-refractivity contribution in [1.29, 1.82) is 0 Å². The normalized spacial score (nSPS) is 11.4. The highest BCUT2D eigenvalue weighted by Gasteiger charge is 2.13. The van der Waals surface area contributed by atoms with Crippen LogP contribution in [0.5, 0.6) is 0 Å². The van der Waals surface area contributed by atoms with Crippen LogP contribution in [0.4, 0.5) is 0 Å². The summed E-state index contributed by atoms with van der Waals surface area (Å²) < 4.78 is 2.17. The number of halogens is 1. The first-order valence-corrected chi connectivity index (χ1v) is 7.86. The van der Waals surface area contributed by atoms with Crippen molar-refractivity contribution in [1.82, 2.24) is 9.55 Å². The van der Waals surface area contributed by atoms with Crippen molar-refractivity contribution in [3.8, 4) is 0 Å². The summed E-state index contributed by atoms with van der Waals surface area (Å²) in [7, 11) is 0. The Hall–Kier alpha value is -2.36. The van der Waals surface area contributed by atoms with Gasteiger partial charge in [-0.05, 0) is 29.3 Å². The van der Waals surface area contributed by atoms with Crippen LogP contribution in [-0.2, 0) is 13.2 Å². The second kappa shape index (κ2) is 5.69. The Morgan fingerprint density at radius 2 is 1.78 bits per heavy atom. The minimum atomic E-state index is -0.00698. The molecule has 0 spiro atoms. The Morgan fingerprint density at radius 1 is 1.00 bits per heavy atom. The fourth-order valence-electron chi connectivity index (χ4n) is 3.01. The summed E-state index contributed by atoms with van der Waals surface area (Å²) in [5.74, 6) is 0. The van der Waals surface area contributed by atoms with E-state index in [1.54, 1.807) is 6.20 Å². The van der Waals surface area contributed by atoms with Crippen LogP contribution in [0.25, 0.3) is 21.9 Å². The molecular formula is C19H15ClN2O. The molecule has 4 aromatic rings. The third-order valence-electron chi connectivity index (χ3n) is 4.13. The van der Waals surface area contributed by atoms with Crippen molar-refractivity contribution >= 4 is 33.5 Å². The van der Waals surface area contributed by atoms with Crippen molar-refractivity contribution in [3.63, 3.8) is 0 Å². The molecule has 114 valence electrons. The highest BCUT2D eigenvalue weighted by atomic mass is 35.5. The summed E-state index contributed by atoms with van der Waals surface area (Å²) >= 11 is 6.32. The number of pyridine rings is 1. The van der Waals surface area contributed by atoms with E-state index in [9.17, 15) is 5.11 Å². The van der Waals surface area contributed by atoms with Crippen molar-refractivity contribution in [2.24, 2.45) is 0 Å². The number of para-hydroxylation sites is 1. The molecule has 3 nitrogen and oxygen atoms in total. The number of aliphatic hydroxyl groups excluding tert-OH is 1. The van der Waals surface area contributed by atoms with Crippen LogP contribution in [-0.4, -0.2) is 14.7 Å². The fraction of sp³-hybridized carbons (Fsp3) is 0.105. The molecule has 4 heteroatoms. The smallest absolute Gasteiger partial charge is 0.141 e. The number of aromatic nitrogens is 2. The van der Waals surface area contributed by atoms with Crippen LogP contribution in [0.1, 0.15) is 11.1 Å². The zero-order valence-electron chi connectivity index (χ0n) is 12.4. The van der Waals surface area contributed by atoms with Crippen molar-refractivity contribution in [2.45, 2.75) is 13.2 Å². The van der Waals surface area contributed by atoms with Gasteiger partial charge >= 0.3 is 0 Å². The van der Waals surface area contributed by atoms with E-state index in [1.807, 2.05) is 42.5 Å². The number of rotatable bonds is 3. The molecule has 0 fully saturated rings. The lowest BCUT2D eigenvalue weighted by Crippen LogP contribution is -2.01. The summed E-state index contributed by atoms with van der Waals surface area (Å²) in [5.41, 5.74) is 3.90. The zero-order chi connectivity index (χ0) is 15.8. The van der Waals surface area contributed by atoms with Gasteiger partial charge in [-0.25, -0.2) is 4.98 Å². The molecule has 0 radical (unpaired) electrons. The standard InChI is InChI=1S/C19H15ClN2O/c20-17-7-3-1-5-14(17)11-22-18-8-4-2-6-15(18)16-9-13(12-23)10-21-19(16)22/h1-10,23H,11-12H2. The molecule has 0 aliphatic carbocycles. The van der Waals surface area contributed by atoms with Gasteiger partial charge in [0.15, 0.2) is 0 Å². The van der Waals surface area contributed by atoms with Crippen molar-refractivity contribution < 1.29 is 5.11 Å². The average Bonchev–Trinajstić information content (AvgIpc) is 2.90. The Bertz CT molecular complexity index is 1010. The van der Waals surface area contributed by atoms with E-state index < -0.39 is 0 Å². The van der Waals surface area contributed by atoms with Gasteiger partial charge in [-0.15, -0.1) is 0 Å². The van der Waals surface area contributed by atoms with Crippen LogP contribution in [0, 0.1) is 0 Å². The van der Waals surface area contributed by atoms with Gasteiger partial charge in [-0.2, -0.15) is 0 Å². The summed E-state index contributed by atoms with van der Waals surface area (Å²) in [4.78, 5) is 4.57. The maximum Gasteiger partial charge on any atom is 0.141 e. The molecule has 2 heterocycles. The van der Waals surface area contributed by atoms with Crippen LogP contribution in [0.15, 0.2) is 60.8 Å². The number of hydrogen-bond acceptors (Lipinski definition) is 2. The summed E-state index contributed by atoms with van der Waals surface area (Å²) in [6.07, 6.45) is 1.73. The largest absolute Gasteiger partial charge is 0.392 e. The molecule has 2 aromatic heterocycles. The first-order chi connectivity index (χ1) is 11.3. The van der Waals surface area contributed by atoms with E-state index >= 15 is 0 Å². The number of aliphatic hydroxyl groups is 1. The lowest BCUT2D eigenvalue weighted by atomic mass is 10.1. The van der Waals surface area contributed by atoms with Gasteiger partial charge in [-0.3, -0.25) is 0 Å². The van der Waals surface area contributed by atoms with Gasteiger partial charge in [0.2, 0.25) is 0 Å². The number of nitrogens with zero attached hydrogens (tertiary/aromatic N) is 2. The summed E-state index contributed by atoms with van der Waals surface area (Å²) in [6, 6.07) is 18.1. The SMILES string of the molecule is OCc1cnc2c(c1)c1ccccc1n2Cc1ccccc1Cl. The van der Waals surface area contributed by atoms with Crippen LogP contribution < -0.4 is 0 Å². The predicted octanol–water partition coefficient (Wildman–Crippen LogP) is 4.38. The van der Waals surface area contributed by atoms with Gasteiger partial charge < -0.3 is 9.67 Å². The van der Waals surface area contributed by atoms with Crippen LogP contribution >= 0.6 is 11.6 Å². The average molecular weight is 323 g/mol. The molecule has 0 amide bonds. The monoisotopic (exact) mass is 322 g/mol. The maximum absolute atomic E-state index is 9.38. The Morgan fingerprint density at radius 3 is 2.61 bits per heavy atom. The second-order valence-electron chi connectivity index (χ2n) is 5.57. The van der Waals surface area contributed by atoms with E-state index in [-0.39, 0.29) is 6.61 Å². The molecule has 0 unspecified atom stereocenters. The molecule has 0 saturated heterocycles. The predicted molar refractivity (Wildman–Crippen MR) is 93.7 cm³/mol. The minimum Gasteiger partial charge on any atom is -0.392 e. The van der Waals surface area contributed by atoms with Crippen LogP contribution in [0.2, 0.25) is 5.02 Å². The van der Waals surface area contributed by atoms with E-state index in [1.165, 1.54) is 0 Å². The van der Waals surface area contributed by atoms with Gasteiger partial charge in [-0.1, -0.05) is 48.0 Å². The molecule has 0 bridgehead atoms. The first-order valence-electron chi connectivity index (χ1n) is 7.48. The maximum atomic E-state index is 9.38. The second-order valence-corrected chi connectivity index (χ2v) is 5.97. The highest BCUT2D eigenvalue weighted by molar-refractivity contribution is 6.31. The topological polar surface area (TPSA) is 38.1 Å². The van der Waals surface area contributed by atoms with E-state index in [2.05, 4.69) is 21.7 Å². The Balaban J connectivity index is 1.99. The molecule has 2 aromatic carbocycles. The first kappa shape index (κ1) is 14.2. The molecule has 0 aliphatic heterocycles. The number of benzene rings is 2. The summed E-state index contributed by atoms with van der Waals surface area (Å²) in [5, 5.41) is 12.3. The van der Waals surface area contributed by atoms with Gasteiger partial charge in [0.05, 0.1) is 18.7 Å². The number of hydrogen-bond donors (Lipinski definition) is 1.